The minimum absolute atomic E-state index is 0.0102. The summed E-state index contributed by atoms with van der Waals surface area (Å²) in [7, 11) is 0. The highest BCUT2D eigenvalue weighted by atomic mass is 32.1. The molecule has 2 fully saturated rings. The van der Waals surface area contributed by atoms with Crippen LogP contribution in [0.15, 0.2) is 35.7 Å². The number of rotatable bonds is 4. The van der Waals surface area contributed by atoms with Gasteiger partial charge in [-0.15, -0.1) is 11.3 Å². The molecule has 1 atom stereocenters. The average Bonchev–Trinajstić information content (AvgIpc) is 3.44. The monoisotopic (exact) mass is 428 g/mol. The van der Waals surface area contributed by atoms with Crippen molar-refractivity contribution in [2.45, 2.75) is 25.8 Å². The molecule has 4 rings (SSSR count). The van der Waals surface area contributed by atoms with Gasteiger partial charge in [0.2, 0.25) is 5.91 Å². The lowest BCUT2D eigenvalue weighted by Gasteiger charge is -2.35. The quantitative estimate of drug-likeness (QED) is 0.551. The number of piperazine rings is 1. The summed E-state index contributed by atoms with van der Waals surface area (Å²) in [5.41, 5.74) is 0.774. The molecule has 3 heterocycles. The van der Waals surface area contributed by atoms with Crippen molar-refractivity contribution in [2.24, 2.45) is 0 Å². The number of nitro benzene ring substituents is 1. The van der Waals surface area contributed by atoms with Gasteiger partial charge < -0.3 is 14.7 Å². The molecule has 0 aliphatic carbocycles. The molecule has 0 radical (unpaired) electrons. The smallest absolute Gasteiger partial charge is 0.293 e. The molecule has 0 bridgehead atoms. The molecule has 0 spiro atoms. The normalized spacial score (nSPS) is 19.2. The molecule has 2 aliphatic heterocycles. The third-order valence-electron chi connectivity index (χ3n) is 5.87. The molecular weight excluding hydrogens is 404 g/mol. The minimum atomic E-state index is -0.426. The Bertz CT molecular complexity index is 954. The number of likely N-dealkylation sites (tertiary alicyclic amines) is 1. The summed E-state index contributed by atoms with van der Waals surface area (Å²) in [6.45, 7) is 4.30. The Morgan fingerprint density at radius 2 is 1.90 bits per heavy atom. The number of anilines is 1. The van der Waals surface area contributed by atoms with Gasteiger partial charge in [0.15, 0.2) is 0 Å². The van der Waals surface area contributed by atoms with Gasteiger partial charge in [0.25, 0.3) is 11.6 Å². The van der Waals surface area contributed by atoms with E-state index in [0.717, 1.165) is 17.7 Å². The number of benzene rings is 1. The van der Waals surface area contributed by atoms with E-state index in [2.05, 4.69) is 0 Å². The standard InChI is InChI=1S/C21H24N4O4S/c1-15(26)22-9-11-23(12-10-22)17-7-6-16(14-19(17)25(28)29)21(27)24-8-2-4-18(24)20-5-3-13-30-20/h3,5-7,13-14,18H,2,4,8-12H2,1H3. The molecule has 2 amide bonds. The summed E-state index contributed by atoms with van der Waals surface area (Å²) >= 11 is 1.63. The van der Waals surface area contributed by atoms with Crippen molar-refractivity contribution in [3.8, 4) is 0 Å². The second-order valence-corrected chi connectivity index (χ2v) is 8.60. The zero-order chi connectivity index (χ0) is 21.3. The molecule has 2 aromatic rings. The lowest BCUT2D eigenvalue weighted by atomic mass is 10.1. The van der Waals surface area contributed by atoms with Crippen LogP contribution in [-0.2, 0) is 4.79 Å². The Balaban J connectivity index is 1.57. The summed E-state index contributed by atoms with van der Waals surface area (Å²) in [5.74, 6) is -0.155. The van der Waals surface area contributed by atoms with Crippen LogP contribution in [-0.4, -0.2) is 59.3 Å². The van der Waals surface area contributed by atoms with E-state index in [1.54, 1.807) is 28.4 Å². The molecule has 1 aromatic heterocycles. The van der Waals surface area contributed by atoms with E-state index in [9.17, 15) is 19.7 Å². The van der Waals surface area contributed by atoms with Crippen molar-refractivity contribution < 1.29 is 14.5 Å². The van der Waals surface area contributed by atoms with Gasteiger partial charge >= 0.3 is 0 Å². The molecule has 1 unspecified atom stereocenters. The average molecular weight is 429 g/mol. The molecular formula is C21H24N4O4S. The summed E-state index contributed by atoms with van der Waals surface area (Å²) < 4.78 is 0. The number of nitrogens with zero attached hydrogens (tertiary/aromatic N) is 4. The van der Waals surface area contributed by atoms with E-state index in [4.69, 9.17) is 0 Å². The Morgan fingerprint density at radius 1 is 1.13 bits per heavy atom. The molecule has 1 aromatic carbocycles. The van der Waals surface area contributed by atoms with Gasteiger partial charge in [-0.05, 0) is 36.4 Å². The molecule has 8 nitrogen and oxygen atoms in total. The lowest BCUT2D eigenvalue weighted by Crippen LogP contribution is -2.48. The van der Waals surface area contributed by atoms with Crippen LogP contribution >= 0.6 is 11.3 Å². The number of hydrogen-bond acceptors (Lipinski definition) is 6. The van der Waals surface area contributed by atoms with Crippen LogP contribution in [0.25, 0.3) is 0 Å². The van der Waals surface area contributed by atoms with Crippen molar-refractivity contribution in [2.75, 3.05) is 37.6 Å². The van der Waals surface area contributed by atoms with Crippen LogP contribution < -0.4 is 4.90 Å². The van der Waals surface area contributed by atoms with E-state index in [0.29, 0.717) is 44.0 Å². The SMILES string of the molecule is CC(=O)N1CCN(c2ccc(C(=O)N3CCCC3c3cccs3)cc2[N+](=O)[O-])CC1. The zero-order valence-corrected chi connectivity index (χ0v) is 17.6. The predicted molar refractivity (Wildman–Crippen MR) is 115 cm³/mol. The first-order chi connectivity index (χ1) is 14.5. The van der Waals surface area contributed by atoms with Crippen LogP contribution in [0.4, 0.5) is 11.4 Å². The fourth-order valence-corrected chi connectivity index (χ4v) is 5.16. The van der Waals surface area contributed by atoms with Gasteiger partial charge in [0.05, 0.1) is 11.0 Å². The molecule has 0 N–H and O–H groups in total. The first-order valence-electron chi connectivity index (χ1n) is 10.1. The molecule has 158 valence electrons. The number of carbonyl (C=O) groups excluding carboxylic acids is 2. The Kier molecular flexibility index (Phi) is 5.72. The maximum Gasteiger partial charge on any atom is 0.293 e. The zero-order valence-electron chi connectivity index (χ0n) is 16.8. The van der Waals surface area contributed by atoms with Crippen LogP contribution in [0.1, 0.15) is 41.0 Å². The lowest BCUT2D eigenvalue weighted by molar-refractivity contribution is -0.384. The van der Waals surface area contributed by atoms with Crippen LogP contribution in [0.2, 0.25) is 0 Å². The Hall–Kier alpha value is -2.94. The van der Waals surface area contributed by atoms with Crippen molar-refractivity contribution >= 4 is 34.5 Å². The van der Waals surface area contributed by atoms with Gasteiger partial charge in [-0.3, -0.25) is 19.7 Å². The maximum absolute atomic E-state index is 13.2. The van der Waals surface area contributed by atoms with Gasteiger partial charge in [-0.2, -0.15) is 0 Å². The topological polar surface area (TPSA) is 87.0 Å². The maximum atomic E-state index is 13.2. The third-order valence-corrected chi connectivity index (χ3v) is 6.84. The van der Waals surface area contributed by atoms with E-state index in [1.807, 2.05) is 27.3 Å². The fraction of sp³-hybridized carbons (Fsp3) is 0.429. The number of amides is 2. The Morgan fingerprint density at radius 3 is 2.53 bits per heavy atom. The fourth-order valence-electron chi connectivity index (χ4n) is 4.28. The molecule has 2 saturated heterocycles. The predicted octanol–water partition coefficient (Wildman–Crippen LogP) is 3.30. The second kappa shape index (κ2) is 8.43. The minimum Gasteiger partial charge on any atom is -0.362 e. The van der Waals surface area contributed by atoms with E-state index in [1.165, 1.54) is 13.0 Å². The number of nitro groups is 1. The van der Waals surface area contributed by atoms with Crippen LogP contribution in [0.3, 0.4) is 0 Å². The van der Waals surface area contributed by atoms with Crippen molar-refractivity contribution in [3.05, 3.63) is 56.3 Å². The van der Waals surface area contributed by atoms with Gasteiger partial charge in [-0.25, -0.2) is 0 Å². The summed E-state index contributed by atoms with van der Waals surface area (Å²) in [5, 5.41) is 13.8. The first-order valence-corrected chi connectivity index (χ1v) is 11.0. The molecule has 0 saturated carbocycles. The molecule has 9 heteroatoms. The number of thiophene rings is 1. The van der Waals surface area contributed by atoms with E-state index < -0.39 is 4.92 Å². The molecule has 2 aliphatic rings. The van der Waals surface area contributed by atoms with Crippen molar-refractivity contribution in [3.63, 3.8) is 0 Å². The van der Waals surface area contributed by atoms with Crippen molar-refractivity contribution in [1.82, 2.24) is 9.80 Å². The van der Waals surface area contributed by atoms with Gasteiger partial charge in [0, 0.05) is 56.2 Å². The Labute approximate surface area is 178 Å². The van der Waals surface area contributed by atoms with E-state index >= 15 is 0 Å². The highest BCUT2D eigenvalue weighted by molar-refractivity contribution is 7.10. The first kappa shape index (κ1) is 20.3. The third kappa shape index (κ3) is 3.89. The van der Waals surface area contributed by atoms with Crippen LogP contribution in [0, 0.1) is 10.1 Å². The summed E-state index contributed by atoms with van der Waals surface area (Å²) in [6, 6.07) is 8.81. The van der Waals surface area contributed by atoms with Crippen molar-refractivity contribution in [1.29, 1.82) is 0 Å². The number of carbonyl (C=O) groups is 2. The second-order valence-electron chi connectivity index (χ2n) is 7.63. The van der Waals surface area contributed by atoms with Gasteiger partial charge in [-0.1, -0.05) is 6.07 Å². The largest absolute Gasteiger partial charge is 0.362 e. The van der Waals surface area contributed by atoms with E-state index in [-0.39, 0.29) is 23.5 Å². The summed E-state index contributed by atoms with van der Waals surface area (Å²) in [4.78, 5) is 42.7. The van der Waals surface area contributed by atoms with Gasteiger partial charge in [0.1, 0.15) is 5.69 Å². The molecule has 30 heavy (non-hydrogen) atoms. The highest BCUT2D eigenvalue weighted by Gasteiger charge is 2.33. The highest BCUT2D eigenvalue weighted by Crippen LogP contribution is 2.37. The number of hydrogen-bond donors (Lipinski definition) is 0. The summed E-state index contributed by atoms with van der Waals surface area (Å²) in [6.07, 6.45) is 1.84. The van der Waals surface area contributed by atoms with Crippen LogP contribution in [0.5, 0.6) is 0 Å².